The molecule has 25 heavy (non-hydrogen) atoms. The summed E-state index contributed by atoms with van der Waals surface area (Å²) in [5.41, 5.74) is 1.42. The van der Waals surface area contributed by atoms with Crippen molar-refractivity contribution in [2.24, 2.45) is 0 Å². The average Bonchev–Trinajstić information content (AvgIpc) is 2.61. The van der Waals surface area contributed by atoms with E-state index in [2.05, 4.69) is 10.6 Å². The summed E-state index contributed by atoms with van der Waals surface area (Å²) in [6.45, 7) is 0. The van der Waals surface area contributed by atoms with Crippen molar-refractivity contribution in [2.75, 3.05) is 26.0 Å². The number of nitrogens with one attached hydrogen (secondary N) is 2. The Bertz CT molecular complexity index is 776. The summed E-state index contributed by atoms with van der Waals surface area (Å²) in [5.74, 6) is -3.14. The molecule has 2 rings (SSSR count). The van der Waals surface area contributed by atoms with Crippen LogP contribution in [0.15, 0.2) is 42.5 Å². The molecule has 0 fully saturated rings. The van der Waals surface area contributed by atoms with Gasteiger partial charge >= 0.3 is 0 Å². The van der Waals surface area contributed by atoms with Crippen molar-refractivity contribution in [1.29, 1.82) is 0 Å². The monoisotopic (exact) mass is 347 g/mol. The lowest BCUT2D eigenvalue weighted by Gasteiger charge is -2.18. The first kappa shape index (κ1) is 18.4. The van der Waals surface area contributed by atoms with E-state index in [-0.39, 0.29) is 5.56 Å². The smallest absolute Gasteiger partial charge is 0.252 e. The van der Waals surface area contributed by atoms with Gasteiger partial charge < -0.3 is 15.5 Å². The van der Waals surface area contributed by atoms with Gasteiger partial charge in [0.2, 0.25) is 5.91 Å². The van der Waals surface area contributed by atoms with Gasteiger partial charge in [-0.1, -0.05) is 6.07 Å². The predicted octanol–water partition coefficient (Wildman–Crippen LogP) is 2.25. The first-order valence-electron chi connectivity index (χ1n) is 7.58. The first-order chi connectivity index (χ1) is 11.8. The lowest BCUT2D eigenvalue weighted by Crippen LogP contribution is -2.39. The second-order valence-corrected chi connectivity index (χ2v) is 5.64. The molecule has 0 aliphatic rings. The molecule has 1 atom stereocenters. The second kappa shape index (κ2) is 7.74. The lowest BCUT2D eigenvalue weighted by atomic mass is 10.0. The third-order valence-electron chi connectivity index (χ3n) is 3.71. The number of carbonyl (C=O) groups is 2. The van der Waals surface area contributed by atoms with Gasteiger partial charge in [0.1, 0.15) is 6.04 Å². The van der Waals surface area contributed by atoms with Gasteiger partial charge in [0.15, 0.2) is 11.6 Å². The molecule has 2 N–H and O–H groups in total. The van der Waals surface area contributed by atoms with Crippen LogP contribution in [0.4, 0.5) is 14.5 Å². The highest BCUT2D eigenvalue weighted by Crippen LogP contribution is 2.18. The molecule has 2 amide bonds. The number of rotatable bonds is 5. The topological polar surface area (TPSA) is 61.4 Å². The van der Waals surface area contributed by atoms with Crippen LogP contribution in [-0.2, 0) is 4.79 Å². The molecule has 0 aromatic heterocycles. The van der Waals surface area contributed by atoms with E-state index in [0.717, 1.165) is 17.8 Å². The van der Waals surface area contributed by atoms with Crippen LogP contribution in [0.3, 0.4) is 0 Å². The van der Waals surface area contributed by atoms with Gasteiger partial charge in [-0.25, -0.2) is 8.78 Å². The van der Waals surface area contributed by atoms with E-state index in [4.69, 9.17) is 0 Å². The first-order valence-corrected chi connectivity index (χ1v) is 7.58. The van der Waals surface area contributed by atoms with Crippen molar-refractivity contribution in [3.8, 4) is 0 Å². The van der Waals surface area contributed by atoms with E-state index in [0.29, 0.717) is 5.56 Å². The van der Waals surface area contributed by atoms with Crippen LogP contribution >= 0.6 is 0 Å². The molecule has 2 aromatic rings. The molecular weight excluding hydrogens is 328 g/mol. The fourth-order valence-electron chi connectivity index (χ4n) is 2.26. The number of benzene rings is 2. The van der Waals surface area contributed by atoms with E-state index < -0.39 is 29.5 Å². The van der Waals surface area contributed by atoms with Crippen molar-refractivity contribution in [3.05, 3.63) is 65.2 Å². The van der Waals surface area contributed by atoms with Crippen LogP contribution in [0, 0.1) is 11.6 Å². The zero-order chi connectivity index (χ0) is 18.6. The third-order valence-corrected chi connectivity index (χ3v) is 3.71. The predicted molar refractivity (Wildman–Crippen MR) is 91.4 cm³/mol. The Balaban J connectivity index is 2.25. The number of hydrogen-bond donors (Lipinski definition) is 2. The van der Waals surface area contributed by atoms with Gasteiger partial charge in [-0.2, -0.15) is 0 Å². The van der Waals surface area contributed by atoms with E-state index in [1.165, 1.54) is 13.1 Å². The molecule has 0 radical (unpaired) electrons. The number of anilines is 1. The number of carbonyl (C=O) groups excluding carboxylic acids is 2. The Morgan fingerprint density at radius 1 is 1.00 bits per heavy atom. The number of likely N-dealkylation sites (N-methyl/N-ethyl adjacent to an activating group) is 1. The molecule has 0 bridgehead atoms. The maximum Gasteiger partial charge on any atom is 0.252 e. The average molecular weight is 347 g/mol. The van der Waals surface area contributed by atoms with Gasteiger partial charge in [-0.15, -0.1) is 0 Å². The minimum absolute atomic E-state index is 0.150. The molecule has 2 aromatic carbocycles. The summed E-state index contributed by atoms with van der Waals surface area (Å²) in [6.07, 6.45) is 0. The molecule has 0 spiro atoms. The molecule has 0 aliphatic carbocycles. The van der Waals surface area contributed by atoms with Crippen LogP contribution < -0.4 is 15.5 Å². The fraction of sp³-hybridized carbons (Fsp3) is 0.222. The fourth-order valence-corrected chi connectivity index (χ4v) is 2.26. The Hall–Kier alpha value is -2.96. The molecule has 0 aliphatic heterocycles. The minimum Gasteiger partial charge on any atom is -0.378 e. The van der Waals surface area contributed by atoms with Crippen LogP contribution in [-0.4, -0.2) is 33.0 Å². The summed E-state index contributed by atoms with van der Waals surface area (Å²) in [4.78, 5) is 26.4. The van der Waals surface area contributed by atoms with Crippen molar-refractivity contribution < 1.29 is 18.4 Å². The molecule has 0 saturated heterocycles. The second-order valence-electron chi connectivity index (χ2n) is 5.64. The highest BCUT2D eigenvalue weighted by atomic mass is 19.2. The molecule has 132 valence electrons. The molecule has 7 heteroatoms. The van der Waals surface area contributed by atoms with Crippen LogP contribution in [0.25, 0.3) is 0 Å². The standard InChI is InChI=1S/C18H19F2N3O2/c1-21-18(25)16(12-6-9-14(19)15(20)10-12)22-17(24)11-4-7-13(8-5-11)23(2)3/h4-10,16H,1-3H3,(H,21,25)(H,22,24). The third kappa shape index (κ3) is 4.32. The van der Waals surface area contributed by atoms with Crippen LogP contribution in [0.1, 0.15) is 22.0 Å². The van der Waals surface area contributed by atoms with Gasteiger partial charge in [-0.3, -0.25) is 9.59 Å². The maximum atomic E-state index is 13.5. The summed E-state index contributed by atoms with van der Waals surface area (Å²) in [7, 11) is 5.15. The maximum absolute atomic E-state index is 13.5. The largest absolute Gasteiger partial charge is 0.378 e. The summed E-state index contributed by atoms with van der Waals surface area (Å²) < 4.78 is 26.6. The Morgan fingerprint density at radius 3 is 2.16 bits per heavy atom. The highest BCUT2D eigenvalue weighted by Gasteiger charge is 2.23. The number of amides is 2. The van der Waals surface area contributed by atoms with E-state index in [1.807, 2.05) is 19.0 Å². The van der Waals surface area contributed by atoms with Crippen LogP contribution in [0.5, 0.6) is 0 Å². The number of hydrogen-bond acceptors (Lipinski definition) is 3. The van der Waals surface area contributed by atoms with Crippen molar-refractivity contribution in [2.45, 2.75) is 6.04 Å². The van der Waals surface area contributed by atoms with Gasteiger partial charge in [0.05, 0.1) is 0 Å². The van der Waals surface area contributed by atoms with E-state index in [9.17, 15) is 18.4 Å². The van der Waals surface area contributed by atoms with E-state index >= 15 is 0 Å². The summed E-state index contributed by atoms with van der Waals surface area (Å²) in [5, 5.41) is 4.94. The zero-order valence-corrected chi connectivity index (χ0v) is 14.1. The SMILES string of the molecule is CNC(=O)C(NC(=O)c1ccc(N(C)C)cc1)c1ccc(F)c(F)c1. The Morgan fingerprint density at radius 2 is 1.64 bits per heavy atom. The van der Waals surface area contributed by atoms with Crippen LogP contribution in [0.2, 0.25) is 0 Å². The Kier molecular flexibility index (Phi) is 5.69. The van der Waals surface area contributed by atoms with Crippen molar-refractivity contribution in [1.82, 2.24) is 10.6 Å². The normalized spacial score (nSPS) is 11.6. The molecule has 5 nitrogen and oxygen atoms in total. The highest BCUT2D eigenvalue weighted by molar-refractivity contribution is 5.98. The van der Waals surface area contributed by atoms with Crippen molar-refractivity contribution >= 4 is 17.5 Å². The molecule has 0 saturated carbocycles. The molecular formula is C18H19F2N3O2. The number of halogens is 2. The zero-order valence-electron chi connectivity index (χ0n) is 14.1. The van der Waals surface area contributed by atoms with Gasteiger partial charge in [0.25, 0.3) is 5.91 Å². The summed E-state index contributed by atoms with van der Waals surface area (Å²) >= 11 is 0. The van der Waals surface area contributed by atoms with Gasteiger partial charge in [0, 0.05) is 32.4 Å². The van der Waals surface area contributed by atoms with E-state index in [1.54, 1.807) is 24.3 Å². The van der Waals surface area contributed by atoms with Gasteiger partial charge in [-0.05, 0) is 42.0 Å². The summed E-state index contributed by atoms with van der Waals surface area (Å²) in [6, 6.07) is 8.70. The Labute approximate surface area is 144 Å². The molecule has 1 unspecified atom stereocenters. The minimum atomic E-state index is -1.14. The van der Waals surface area contributed by atoms with Crippen molar-refractivity contribution in [3.63, 3.8) is 0 Å². The quantitative estimate of drug-likeness (QED) is 0.872. The lowest BCUT2D eigenvalue weighted by molar-refractivity contribution is -0.122. The molecule has 0 heterocycles. The number of nitrogens with zero attached hydrogens (tertiary/aromatic N) is 1.